The van der Waals surface area contributed by atoms with Gasteiger partial charge in [0.15, 0.2) is 0 Å². The predicted octanol–water partition coefficient (Wildman–Crippen LogP) is 1.98. The van der Waals surface area contributed by atoms with Crippen LogP contribution in [0.2, 0.25) is 0 Å². The molecule has 0 atom stereocenters. The molecule has 15 heavy (non-hydrogen) atoms. The van der Waals surface area contributed by atoms with E-state index in [2.05, 4.69) is 22.9 Å². The van der Waals surface area contributed by atoms with Gasteiger partial charge < -0.3 is 0 Å². The smallest absolute Gasteiger partial charge is 0.212 e. The summed E-state index contributed by atoms with van der Waals surface area (Å²) in [6.45, 7) is 3.64. The number of alkyl halides is 1. The van der Waals surface area contributed by atoms with Crippen LogP contribution in [0, 0.1) is 5.41 Å². The standard InChI is InChI=1S/C10H18BrNO2S/c1-10(8-11)4-6-12(7-5-10)15(13,14)9-2-3-9/h9H,2-8H2,1H3. The molecule has 0 unspecified atom stereocenters. The van der Waals surface area contributed by atoms with Crippen molar-refractivity contribution in [1.29, 1.82) is 0 Å². The average Bonchev–Trinajstić information content (AvgIpc) is 3.02. The number of piperidine rings is 1. The lowest BCUT2D eigenvalue weighted by Crippen LogP contribution is -2.43. The molecular formula is C10H18BrNO2S. The monoisotopic (exact) mass is 295 g/mol. The van der Waals surface area contributed by atoms with Gasteiger partial charge in [-0.25, -0.2) is 12.7 Å². The first-order valence-corrected chi connectivity index (χ1v) is 8.15. The Morgan fingerprint density at radius 2 is 1.87 bits per heavy atom. The maximum Gasteiger partial charge on any atom is 0.216 e. The lowest BCUT2D eigenvalue weighted by atomic mass is 9.83. The summed E-state index contributed by atoms with van der Waals surface area (Å²) in [5.41, 5.74) is 0.287. The second-order valence-electron chi connectivity index (χ2n) is 5.09. The fourth-order valence-electron chi connectivity index (χ4n) is 1.99. The van der Waals surface area contributed by atoms with E-state index in [0.717, 1.165) is 31.0 Å². The Labute approximate surface area is 100 Å². The summed E-state index contributed by atoms with van der Waals surface area (Å²) in [4.78, 5) is 0. The fraction of sp³-hybridized carbons (Fsp3) is 1.00. The van der Waals surface area contributed by atoms with E-state index >= 15 is 0 Å². The Bertz CT molecular complexity index is 329. The topological polar surface area (TPSA) is 37.4 Å². The largest absolute Gasteiger partial charge is 0.216 e. The molecule has 1 aliphatic carbocycles. The molecule has 2 rings (SSSR count). The maximum atomic E-state index is 12.0. The summed E-state index contributed by atoms with van der Waals surface area (Å²) in [6.07, 6.45) is 3.69. The van der Waals surface area contributed by atoms with Gasteiger partial charge in [0.05, 0.1) is 5.25 Å². The Morgan fingerprint density at radius 1 is 1.33 bits per heavy atom. The highest BCUT2D eigenvalue weighted by atomic mass is 79.9. The first kappa shape index (κ1) is 11.9. The molecule has 1 saturated carbocycles. The molecule has 0 aromatic carbocycles. The van der Waals surface area contributed by atoms with Crippen LogP contribution in [0.15, 0.2) is 0 Å². The van der Waals surface area contributed by atoms with Gasteiger partial charge in [0.25, 0.3) is 0 Å². The van der Waals surface area contributed by atoms with Crippen molar-refractivity contribution in [3.8, 4) is 0 Å². The first-order chi connectivity index (χ1) is 6.98. The second kappa shape index (κ2) is 4.00. The molecule has 2 fully saturated rings. The molecule has 3 nitrogen and oxygen atoms in total. The average molecular weight is 296 g/mol. The summed E-state index contributed by atoms with van der Waals surface area (Å²) in [5.74, 6) is 0. The van der Waals surface area contributed by atoms with Gasteiger partial charge in [0, 0.05) is 18.4 Å². The Kier molecular flexibility index (Phi) is 3.17. The minimum atomic E-state index is -2.93. The van der Waals surface area contributed by atoms with Crippen LogP contribution in [0.25, 0.3) is 0 Å². The molecule has 0 amide bonds. The molecule has 1 saturated heterocycles. The summed E-state index contributed by atoms with van der Waals surface area (Å²) >= 11 is 3.51. The van der Waals surface area contributed by atoms with Gasteiger partial charge in [-0.05, 0) is 31.1 Å². The van der Waals surface area contributed by atoms with Crippen LogP contribution in [-0.4, -0.2) is 36.4 Å². The molecule has 0 aromatic heterocycles. The zero-order valence-electron chi connectivity index (χ0n) is 9.08. The minimum absolute atomic E-state index is 0.0502. The zero-order chi connectivity index (χ0) is 11.1. The van der Waals surface area contributed by atoms with Crippen LogP contribution in [0.1, 0.15) is 32.6 Å². The van der Waals surface area contributed by atoms with Crippen LogP contribution in [0.4, 0.5) is 0 Å². The summed E-state index contributed by atoms with van der Waals surface area (Å²) in [5, 5.41) is 0.919. The Hall–Kier alpha value is 0.390. The van der Waals surface area contributed by atoms with E-state index < -0.39 is 10.0 Å². The van der Waals surface area contributed by atoms with E-state index in [1.807, 2.05) is 0 Å². The van der Waals surface area contributed by atoms with E-state index in [-0.39, 0.29) is 10.7 Å². The lowest BCUT2D eigenvalue weighted by Gasteiger charge is -2.37. The zero-order valence-corrected chi connectivity index (χ0v) is 11.5. The second-order valence-corrected chi connectivity index (χ2v) is 7.86. The SMILES string of the molecule is CC1(CBr)CCN(S(=O)(=O)C2CC2)CC1. The molecular weight excluding hydrogens is 278 g/mol. The van der Waals surface area contributed by atoms with Crippen LogP contribution in [0.5, 0.6) is 0 Å². The minimum Gasteiger partial charge on any atom is -0.212 e. The summed E-state index contributed by atoms with van der Waals surface area (Å²) < 4.78 is 25.6. The fourth-order valence-corrected chi connectivity index (χ4v) is 4.40. The number of hydrogen-bond donors (Lipinski definition) is 0. The molecule has 0 aromatic rings. The Balaban J connectivity index is 1.99. The van der Waals surface area contributed by atoms with Gasteiger partial charge in [-0.1, -0.05) is 22.9 Å². The van der Waals surface area contributed by atoms with Crippen LogP contribution in [-0.2, 0) is 10.0 Å². The number of hydrogen-bond acceptors (Lipinski definition) is 2. The molecule has 88 valence electrons. The third-order valence-corrected chi connectivity index (χ3v) is 7.31. The van der Waals surface area contributed by atoms with E-state index in [1.54, 1.807) is 4.31 Å². The number of nitrogens with zero attached hydrogens (tertiary/aromatic N) is 1. The lowest BCUT2D eigenvalue weighted by molar-refractivity contribution is 0.202. The third kappa shape index (κ3) is 2.39. The van der Waals surface area contributed by atoms with Crippen molar-refractivity contribution in [2.24, 2.45) is 5.41 Å². The number of sulfonamides is 1. The highest BCUT2D eigenvalue weighted by molar-refractivity contribution is 9.09. The third-order valence-electron chi connectivity index (χ3n) is 3.56. The number of rotatable bonds is 3. The van der Waals surface area contributed by atoms with Crippen LogP contribution >= 0.6 is 15.9 Å². The van der Waals surface area contributed by atoms with Crippen molar-refractivity contribution in [1.82, 2.24) is 4.31 Å². The van der Waals surface area contributed by atoms with Gasteiger partial charge in [-0.3, -0.25) is 0 Å². The Morgan fingerprint density at radius 3 is 2.27 bits per heavy atom. The van der Waals surface area contributed by atoms with Gasteiger partial charge in [-0.2, -0.15) is 0 Å². The molecule has 0 spiro atoms. The molecule has 0 N–H and O–H groups in total. The van der Waals surface area contributed by atoms with Crippen LogP contribution < -0.4 is 0 Å². The van der Waals surface area contributed by atoms with Gasteiger partial charge in [0.1, 0.15) is 0 Å². The molecule has 0 bridgehead atoms. The van der Waals surface area contributed by atoms with Crippen molar-refractivity contribution in [3.63, 3.8) is 0 Å². The van der Waals surface area contributed by atoms with Crippen molar-refractivity contribution >= 4 is 26.0 Å². The molecule has 1 aliphatic heterocycles. The molecule has 5 heteroatoms. The maximum absolute atomic E-state index is 12.0. The normalized spacial score (nSPS) is 27.9. The van der Waals surface area contributed by atoms with E-state index in [4.69, 9.17) is 0 Å². The van der Waals surface area contributed by atoms with E-state index in [0.29, 0.717) is 13.1 Å². The summed E-state index contributed by atoms with van der Waals surface area (Å²) in [7, 11) is -2.93. The number of halogens is 1. The highest BCUT2D eigenvalue weighted by Crippen LogP contribution is 2.37. The van der Waals surface area contributed by atoms with Crippen molar-refractivity contribution in [2.45, 2.75) is 37.9 Å². The predicted molar refractivity (Wildman–Crippen MR) is 64.6 cm³/mol. The molecule has 1 heterocycles. The van der Waals surface area contributed by atoms with E-state index in [9.17, 15) is 8.42 Å². The van der Waals surface area contributed by atoms with Crippen LogP contribution in [0.3, 0.4) is 0 Å². The first-order valence-electron chi connectivity index (χ1n) is 5.53. The molecule has 2 aliphatic rings. The highest BCUT2D eigenvalue weighted by Gasteiger charge is 2.42. The van der Waals surface area contributed by atoms with Crippen molar-refractivity contribution in [2.75, 3.05) is 18.4 Å². The van der Waals surface area contributed by atoms with Gasteiger partial charge >= 0.3 is 0 Å². The molecule has 0 radical (unpaired) electrons. The van der Waals surface area contributed by atoms with E-state index in [1.165, 1.54) is 0 Å². The van der Waals surface area contributed by atoms with Gasteiger partial charge in [0.2, 0.25) is 10.0 Å². The van der Waals surface area contributed by atoms with Gasteiger partial charge in [-0.15, -0.1) is 0 Å². The van der Waals surface area contributed by atoms with Crippen molar-refractivity contribution < 1.29 is 8.42 Å². The quantitative estimate of drug-likeness (QED) is 0.747. The van der Waals surface area contributed by atoms with Crippen molar-refractivity contribution in [3.05, 3.63) is 0 Å². The summed E-state index contributed by atoms with van der Waals surface area (Å²) in [6, 6.07) is 0.